The van der Waals surface area contributed by atoms with Crippen molar-refractivity contribution in [1.29, 1.82) is 0 Å². The van der Waals surface area contributed by atoms with Crippen molar-refractivity contribution in [2.45, 2.75) is 43.5 Å². The fraction of sp³-hybridized carbons (Fsp3) is 0.500. The topological polar surface area (TPSA) is 12.9 Å². The van der Waals surface area contributed by atoms with Crippen LogP contribution in [0.5, 0.6) is 0 Å². The van der Waals surface area contributed by atoms with Crippen LogP contribution in [-0.4, -0.2) is 4.98 Å². The Bertz CT molecular complexity index is 332. The second-order valence-electron chi connectivity index (χ2n) is 3.56. The monoisotopic (exact) mass is 213 g/mol. The van der Waals surface area contributed by atoms with Gasteiger partial charge in [0.2, 0.25) is 0 Å². The molecule has 0 saturated carbocycles. The molecule has 0 aliphatic rings. The quantitative estimate of drug-likeness (QED) is 0.682. The summed E-state index contributed by atoms with van der Waals surface area (Å²) in [6.07, 6.45) is 0. The van der Waals surface area contributed by atoms with Crippen molar-refractivity contribution < 1.29 is 0 Å². The van der Waals surface area contributed by atoms with Crippen molar-refractivity contribution in [3.63, 3.8) is 0 Å². The van der Waals surface area contributed by atoms with E-state index in [0.717, 1.165) is 26.7 Å². The van der Waals surface area contributed by atoms with Crippen LogP contribution in [0.3, 0.4) is 0 Å². The number of pyridine rings is 1. The summed E-state index contributed by atoms with van der Waals surface area (Å²) in [6.45, 7) is 8.29. The van der Waals surface area contributed by atoms with Crippen molar-refractivity contribution >= 4 is 25.3 Å². The van der Waals surface area contributed by atoms with Crippen molar-refractivity contribution in [1.82, 2.24) is 4.98 Å². The van der Waals surface area contributed by atoms with E-state index in [4.69, 9.17) is 0 Å². The fourth-order valence-electron chi connectivity index (χ4n) is 1.31. The van der Waals surface area contributed by atoms with Gasteiger partial charge in [-0.3, -0.25) is 0 Å². The molecule has 0 unspecified atom stereocenters. The third kappa shape index (κ3) is 2.02. The molecule has 1 rings (SSSR count). The zero-order valence-electron chi connectivity index (χ0n) is 8.42. The number of aryl methyl sites for hydroxylation is 1. The molecule has 0 aliphatic carbocycles. The van der Waals surface area contributed by atoms with Crippen LogP contribution in [0, 0.1) is 13.8 Å². The van der Waals surface area contributed by atoms with Gasteiger partial charge in [-0.25, -0.2) is 4.98 Å². The molecule has 3 heteroatoms. The Morgan fingerprint density at radius 1 is 1.15 bits per heavy atom. The molecule has 0 spiro atoms. The van der Waals surface area contributed by atoms with E-state index < -0.39 is 0 Å². The van der Waals surface area contributed by atoms with Gasteiger partial charge in [-0.15, -0.1) is 25.3 Å². The Labute approximate surface area is 90.8 Å². The summed E-state index contributed by atoms with van der Waals surface area (Å²) in [6, 6.07) is 0. The zero-order chi connectivity index (χ0) is 10.2. The van der Waals surface area contributed by atoms with Crippen molar-refractivity contribution in [3.8, 4) is 0 Å². The Kier molecular flexibility index (Phi) is 3.30. The minimum absolute atomic E-state index is 0.423. The minimum Gasteiger partial charge on any atom is -0.246 e. The summed E-state index contributed by atoms with van der Waals surface area (Å²) in [5.41, 5.74) is 3.32. The standard InChI is InChI=1S/C10H15NS2/c1-5(2)8-9(12)6(3)7(4)11-10(8)13/h5H,1-4H3,(H2,11,12,13). The van der Waals surface area contributed by atoms with Crippen LogP contribution in [0.25, 0.3) is 0 Å². The predicted octanol–water partition coefficient (Wildman–Crippen LogP) is 3.40. The number of hydrogen-bond donors (Lipinski definition) is 2. The Morgan fingerprint density at radius 3 is 2.15 bits per heavy atom. The maximum Gasteiger partial charge on any atom is 0.0978 e. The Morgan fingerprint density at radius 2 is 1.69 bits per heavy atom. The SMILES string of the molecule is Cc1nc(S)c(C(C)C)c(S)c1C. The van der Waals surface area contributed by atoms with Crippen LogP contribution >= 0.6 is 25.3 Å². The summed E-state index contributed by atoms with van der Waals surface area (Å²) in [7, 11) is 0. The average molecular weight is 213 g/mol. The van der Waals surface area contributed by atoms with Gasteiger partial charge in [-0.05, 0) is 25.3 Å². The number of aromatic nitrogens is 1. The molecule has 1 aromatic heterocycles. The van der Waals surface area contributed by atoms with Crippen molar-refractivity contribution in [3.05, 3.63) is 16.8 Å². The van der Waals surface area contributed by atoms with Crippen LogP contribution in [0.4, 0.5) is 0 Å². The van der Waals surface area contributed by atoms with Gasteiger partial charge >= 0.3 is 0 Å². The maximum atomic E-state index is 4.50. The molecule has 0 N–H and O–H groups in total. The molecule has 0 bridgehead atoms. The summed E-state index contributed by atoms with van der Waals surface area (Å²) in [4.78, 5) is 5.41. The Hall–Kier alpha value is -0.150. The molecule has 0 aliphatic heterocycles. The summed E-state index contributed by atoms with van der Waals surface area (Å²) >= 11 is 8.87. The first-order valence-corrected chi connectivity index (χ1v) is 5.23. The smallest absolute Gasteiger partial charge is 0.0978 e. The molecule has 0 atom stereocenters. The number of rotatable bonds is 1. The second kappa shape index (κ2) is 3.93. The largest absolute Gasteiger partial charge is 0.246 e. The lowest BCUT2D eigenvalue weighted by atomic mass is 10.0. The molecule has 1 aromatic rings. The van der Waals surface area contributed by atoms with Gasteiger partial charge in [0.1, 0.15) is 0 Å². The van der Waals surface area contributed by atoms with Crippen LogP contribution < -0.4 is 0 Å². The van der Waals surface area contributed by atoms with E-state index in [1.807, 2.05) is 13.8 Å². The third-order valence-electron chi connectivity index (χ3n) is 2.24. The molecular weight excluding hydrogens is 198 g/mol. The van der Waals surface area contributed by atoms with Crippen LogP contribution in [0.1, 0.15) is 36.6 Å². The number of nitrogens with zero attached hydrogens (tertiary/aromatic N) is 1. The lowest BCUT2D eigenvalue weighted by Gasteiger charge is -2.15. The van der Waals surface area contributed by atoms with Gasteiger partial charge in [0.15, 0.2) is 0 Å². The molecule has 13 heavy (non-hydrogen) atoms. The summed E-state index contributed by atoms with van der Waals surface area (Å²) in [5, 5.41) is 0.808. The molecule has 0 radical (unpaired) electrons. The molecule has 72 valence electrons. The highest BCUT2D eigenvalue weighted by Gasteiger charge is 2.13. The highest BCUT2D eigenvalue weighted by molar-refractivity contribution is 7.81. The van der Waals surface area contributed by atoms with E-state index in [0.29, 0.717) is 5.92 Å². The maximum absolute atomic E-state index is 4.50. The first-order valence-electron chi connectivity index (χ1n) is 4.34. The first-order chi connectivity index (χ1) is 5.95. The van der Waals surface area contributed by atoms with Gasteiger partial charge < -0.3 is 0 Å². The number of thiol groups is 2. The predicted molar refractivity (Wildman–Crippen MR) is 62.3 cm³/mol. The van der Waals surface area contributed by atoms with Crippen LogP contribution in [0.15, 0.2) is 9.92 Å². The molecule has 1 heterocycles. The lowest BCUT2D eigenvalue weighted by Crippen LogP contribution is -2.00. The Balaban J connectivity index is 3.44. The third-order valence-corrected chi connectivity index (χ3v) is 3.16. The normalized spacial score (nSPS) is 11.0. The first kappa shape index (κ1) is 10.9. The van der Waals surface area contributed by atoms with Gasteiger partial charge in [0.25, 0.3) is 0 Å². The van der Waals surface area contributed by atoms with E-state index >= 15 is 0 Å². The highest BCUT2D eigenvalue weighted by atomic mass is 32.1. The fourth-order valence-corrected chi connectivity index (χ4v) is 2.45. The van der Waals surface area contributed by atoms with Crippen molar-refractivity contribution in [2.24, 2.45) is 0 Å². The molecular formula is C10H15NS2. The second-order valence-corrected chi connectivity index (χ2v) is 4.43. The van der Waals surface area contributed by atoms with E-state index in [1.54, 1.807) is 0 Å². The van der Waals surface area contributed by atoms with Gasteiger partial charge in [-0.2, -0.15) is 0 Å². The van der Waals surface area contributed by atoms with E-state index in [-0.39, 0.29) is 0 Å². The lowest BCUT2D eigenvalue weighted by molar-refractivity contribution is 0.778. The van der Waals surface area contributed by atoms with Gasteiger partial charge in [0.05, 0.1) is 5.03 Å². The molecule has 0 fully saturated rings. The van der Waals surface area contributed by atoms with Gasteiger partial charge in [-0.1, -0.05) is 13.8 Å². The molecule has 0 saturated heterocycles. The zero-order valence-corrected chi connectivity index (χ0v) is 10.2. The molecule has 1 nitrogen and oxygen atoms in total. The van der Waals surface area contributed by atoms with Crippen LogP contribution in [-0.2, 0) is 0 Å². The summed E-state index contributed by atoms with van der Waals surface area (Å²) in [5.74, 6) is 0.423. The van der Waals surface area contributed by atoms with E-state index in [2.05, 4.69) is 44.1 Å². The molecule has 0 aromatic carbocycles. The van der Waals surface area contributed by atoms with Crippen LogP contribution in [0.2, 0.25) is 0 Å². The minimum atomic E-state index is 0.423. The average Bonchev–Trinajstić information content (AvgIpc) is 1.99. The number of hydrogen-bond acceptors (Lipinski definition) is 3. The highest BCUT2D eigenvalue weighted by Crippen LogP contribution is 2.31. The van der Waals surface area contributed by atoms with E-state index in [9.17, 15) is 0 Å². The van der Waals surface area contributed by atoms with E-state index in [1.165, 1.54) is 0 Å². The summed E-state index contributed by atoms with van der Waals surface area (Å²) < 4.78 is 0. The van der Waals surface area contributed by atoms with Crippen molar-refractivity contribution in [2.75, 3.05) is 0 Å². The molecule has 0 amide bonds. The van der Waals surface area contributed by atoms with Gasteiger partial charge in [0, 0.05) is 16.2 Å².